The molecule has 0 radical (unpaired) electrons. The lowest BCUT2D eigenvalue weighted by molar-refractivity contribution is 0.318. The molecule has 0 fully saturated rings. The number of aromatic nitrogens is 1. The maximum absolute atomic E-state index is 8.66. The zero-order valence-electron chi connectivity index (χ0n) is 9.55. The predicted octanol–water partition coefficient (Wildman–Crippen LogP) is 3.38. The van der Waals surface area contributed by atoms with E-state index in [2.05, 4.69) is 26.1 Å². The summed E-state index contributed by atoms with van der Waals surface area (Å²) in [5, 5.41) is 11.7. The minimum Gasteiger partial charge on any atom is -0.438 e. The first-order valence-corrected chi connectivity index (χ1v) is 6.34. The first-order valence-electron chi connectivity index (χ1n) is 5.17. The molecule has 0 amide bonds. The van der Waals surface area contributed by atoms with Gasteiger partial charge in [0.15, 0.2) is 5.84 Å². The van der Waals surface area contributed by atoms with Crippen molar-refractivity contribution in [3.05, 3.63) is 51.6 Å². The van der Waals surface area contributed by atoms with Gasteiger partial charge in [-0.25, -0.2) is 4.98 Å². The number of ether oxygens (including phenoxy) is 1. The van der Waals surface area contributed by atoms with E-state index in [0.29, 0.717) is 11.3 Å². The van der Waals surface area contributed by atoms with Gasteiger partial charge in [0.2, 0.25) is 5.88 Å². The van der Waals surface area contributed by atoms with E-state index < -0.39 is 0 Å². The Bertz CT molecular complexity index is 617. The molecular formula is C12H9BrClN3O2. The summed E-state index contributed by atoms with van der Waals surface area (Å²) in [7, 11) is 0. The maximum atomic E-state index is 8.66. The molecule has 1 aromatic heterocycles. The van der Waals surface area contributed by atoms with E-state index >= 15 is 0 Å². The lowest BCUT2D eigenvalue weighted by Crippen LogP contribution is -2.14. The number of benzene rings is 1. The summed E-state index contributed by atoms with van der Waals surface area (Å²) in [5.74, 6) is 0.662. The summed E-state index contributed by atoms with van der Waals surface area (Å²) < 4.78 is 6.48. The fraction of sp³-hybridized carbons (Fsp3) is 0. The highest BCUT2D eigenvalue weighted by molar-refractivity contribution is 9.10. The Morgan fingerprint density at radius 2 is 2.00 bits per heavy atom. The van der Waals surface area contributed by atoms with Gasteiger partial charge in [0.1, 0.15) is 10.8 Å². The molecule has 3 N–H and O–H groups in total. The highest BCUT2D eigenvalue weighted by Crippen LogP contribution is 2.30. The molecule has 0 aliphatic carbocycles. The minimum atomic E-state index is -0.104. The van der Waals surface area contributed by atoms with Crippen molar-refractivity contribution in [3.8, 4) is 11.6 Å². The summed E-state index contributed by atoms with van der Waals surface area (Å²) in [6, 6.07) is 8.72. The molecule has 1 aromatic carbocycles. The smallest absolute Gasteiger partial charge is 0.238 e. The third-order valence-electron chi connectivity index (χ3n) is 2.27. The van der Waals surface area contributed by atoms with Crippen molar-refractivity contribution in [1.82, 2.24) is 4.98 Å². The van der Waals surface area contributed by atoms with Crippen LogP contribution in [-0.2, 0) is 0 Å². The molecule has 2 aromatic rings. The van der Waals surface area contributed by atoms with E-state index in [1.54, 1.807) is 12.1 Å². The van der Waals surface area contributed by atoms with Crippen LogP contribution in [0.5, 0.6) is 11.6 Å². The van der Waals surface area contributed by atoms with Gasteiger partial charge >= 0.3 is 0 Å². The molecule has 1 heterocycles. The predicted molar refractivity (Wildman–Crippen MR) is 76.0 cm³/mol. The van der Waals surface area contributed by atoms with Gasteiger partial charge in [0.25, 0.3) is 0 Å². The Morgan fingerprint density at radius 1 is 1.32 bits per heavy atom. The molecule has 0 saturated heterocycles. The van der Waals surface area contributed by atoms with Crippen LogP contribution < -0.4 is 10.5 Å². The van der Waals surface area contributed by atoms with E-state index in [-0.39, 0.29) is 16.7 Å². The van der Waals surface area contributed by atoms with Crippen molar-refractivity contribution in [3.63, 3.8) is 0 Å². The van der Waals surface area contributed by atoms with Gasteiger partial charge in [-0.15, -0.1) is 0 Å². The Labute approximate surface area is 122 Å². The molecular weight excluding hydrogens is 334 g/mol. The van der Waals surface area contributed by atoms with Crippen molar-refractivity contribution < 1.29 is 9.94 Å². The third-order valence-corrected chi connectivity index (χ3v) is 3.16. The Morgan fingerprint density at radius 3 is 2.63 bits per heavy atom. The summed E-state index contributed by atoms with van der Waals surface area (Å²) in [5.41, 5.74) is 5.86. The molecule has 0 spiro atoms. The average Bonchev–Trinajstić information content (AvgIpc) is 2.43. The highest BCUT2D eigenvalue weighted by atomic mass is 79.9. The number of nitrogens with two attached hydrogens (primary N) is 1. The molecule has 0 atom stereocenters. The number of rotatable bonds is 3. The summed E-state index contributed by atoms with van der Waals surface area (Å²) in [4.78, 5) is 4.02. The number of halogens is 2. The van der Waals surface area contributed by atoms with E-state index in [1.807, 2.05) is 12.1 Å². The lowest BCUT2D eigenvalue weighted by atomic mass is 10.2. The standard InChI is InChI=1S/C12H9BrClN3O2/c13-7-1-3-8(4-2-7)19-12-10(14)9(5-6-16-12)11(15)17-18/h1-6,18H,(H2,15,17). The molecule has 2 rings (SSSR count). The highest BCUT2D eigenvalue weighted by Gasteiger charge is 2.12. The van der Waals surface area contributed by atoms with Crippen LogP contribution in [0.25, 0.3) is 0 Å². The maximum Gasteiger partial charge on any atom is 0.238 e. The van der Waals surface area contributed by atoms with Gasteiger partial charge in [0.05, 0.1) is 0 Å². The number of oxime groups is 1. The quantitative estimate of drug-likeness (QED) is 0.388. The van der Waals surface area contributed by atoms with E-state index in [1.165, 1.54) is 12.3 Å². The van der Waals surface area contributed by atoms with Crippen LogP contribution in [-0.4, -0.2) is 16.0 Å². The molecule has 7 heteroatoms. The number of pyridine rings is 1. The molecule has 19 heavy (non-hydrogen) atoms. The van der Waals surface area contributed by atoms with Crippen LogP contribution in [0.2, 0.25) is 5.02 Å². The van der Waals surface area contributed by atoms with Crippen molar-refractivity contribution >= 4 is 33.4 Å². The summed E-state index contributed by atoms with van der Waals surface area (Å²) in [6.07, 6.45) is 1.47. The molecule has 98 valence electrons. The Balaban J connectivity index is 2.33. The fourth-order valence-electron chi connectivity index (χ4n) is 1.36. The monoisotopic (exact) mass is 341 g/mol. The van der Waals surface area contributed by atoms with Crippen LogP contribution in [0, 0.1) is 0 Å². The van der Waals surface area contributed by atoms with Gasteiger partial charge in [-0.05, 0) is 30.3 Å². The van der Waals surface area contributed by atoms with Gasteiger partial charge in [-0.3, -0.25) is 0 Å². The van der Waals surface area contributed by atoms with Crippen molar-refractivity contribution in [2.45, 2.75) is 0 Å². The zero-order chi connectivity index (χ0) is 13.8. The second-order valence-corrected chi connectivity index (χ2v) is 4.81. The van der Waals surface area contributed by atoms with Crippen LogP contribution >= 0.6 is 27.5 Å². The first-order chi connectivity index (χ1) is 9.11. The SMILES string of the molecule is N/C(=N/O)c1ccnc(Oc2ccc(Br)cc2)c1Cl. The second kappa shape index (κ2) is 5.90. The normalized spacial score (nSPS) is 11.4. The number of amidine groups is 1. The van der Waals surface area contributed by atoms with Gasteiger partial charge in [-0.1, -0.05) is 32.7 Å². The number of hydrogen-bond donors (Lipinski definition) is 2. The van der Waals surface area contributed by atoms with Crippen molar-refractivity contribution in [2.24, 2.45) is 10.9 Å². The lowest BCUT2D eigenvalue weighted by Gasteiger charge is -2.09. The van der Waals surface area contributed by atoms with Crippen LogP contribution in [0.4, 0.5) is 0 Å². The summed E-state index contributed by atoms with van der Waals surface area (Å²) >= 11 is 9.42. The van der Waals surface area contributed by atoms with Crippen molar-refractivity contribution in [2.75, 3.05) is 0 Å². The molecule has 0 bridgehead atoms. The molecule has 0 aliphatic heterocycles. The second-order valence-electron chi connectivity index (χ2n) is 3.52. The first kappa shape index (κ1) is 13.6. The summed E-state index contributed by atoms with van der Waals surface area (Å²) in [6.45, 7) is 0. The van der Waals surface area contributed by atoms with Crippen LogP contribution in [0.3, 0.4) is 0 Å². The van der Waals surface area contributed by atoms with Gasteiger partial charge in [0, 0.05) is 16.2 Å². The molecule has 0 aliphatic rings. The molecule has 0 saturated carbocycles. The van der Waals surface area contributed by atoms with Gasteiger partial charge in [-0.2, -0.15) is 0 Å². The molecule has 0 unspecified atom stereocenters. The zero-order valence-corrected chi connectivity index (χ0v) is 11.9. The van der Waals surface area contributed by atoms with E-state index in [0.717, 1.165) is 4.47 Å². The van der Waals surface area contributed by atoms with E-state index in [4.69, 9.17) is 27.3 Å². The largest absolute Gasteiger partial charge is 0.438 e. The van der Waals surface area contributed by atoms with Crippen LogP contribution in [0.1, 0.15) is 5.56 Å². The third kappa shape index (κ3) is 3.15. The Kier molecular flexibility index (Phi) is 4.24. The topological polar surface area (TPSA) is 80.7 Å². The number of hydrogen-bond acceptors (Lipinski definition) is 4. The number of nitrogens with zero attached hydrogens (tertiary/aromatic N) is 2. The van der Waals surface area contributed by atoms with Crippen molar-refractivity contribution in [1.29, 1.82) is 0 Å². The average molecular weight is 343 g/mol. The molecule has 5 nitrogen and oxygen atoms in total. The fourth-order valence-corrected chi connectivity index (χ4v) is 1.87. The van der Waals surface area contributed by atoms with Gasteiger partial charge < -0.3 is 15.7 Å². The minimum absolute atomic E-state index is 0.104. The Hall–Kier alpha value is -1.79. The van der Waals surface area contributed by atoms with Crippen LogP contribution in [0.15, 0.2) is 46.2 Å². The van der Waals surface area contributed by atoms with E-state index in [9.17, 15) is 0 Å².